The molecule has 1 unspecified atom stereocenters. The molecule has 6 N–H and O–H groups in total. The van der Waals surface area contributed by atoms with Crippen LogP contribution in [0.5, 0.6) is 23.0 Å². The van der Waals surface area contributed by atoms with Crippen LogP contribution in [0.4, 0.5) is 33.4 Å². The number of carbonyl (C=O) groups excluding carboxylic acids is 3. The second-order valence-electron chi connectivity index (χ2n) is 17.5. The molecule has 4 amide bonds. The first-order chi connectivity index (χ1) is 32.4. The van der Waals surface area contributed by atoms with Crippen molar-refractivity contribution in [3.05, 3.63) is 96.2 Å². The summed E-state index contributed by atoms with van der Waals surface area (Å²) in [5, 5.41) is 23.0. The Labute approximate surface area is 399 Å². The second-order valence-corrected chi connectivity index (χ2v) is 18.6. The van der Waals surface area contributed by atoms with E-state index in [1.54, 1.807) is 72.6 Å². The number of aliphatic carboxylic acids is 1. The number of methoxy groups -OCH3 is 2. The van der Waals surface area contributed by atoms with Crippen molar-refractivity contribution in [2.45, 2.75) is 45.1 Å². The zero-order valence-corrected chi connectivity index (χ0v) is 40.5. The van der Waals surface area contributed by atoms with Crippen molar-refractivity contribution in [2.75, 3.05) is 94.5 Å². The van der Waals surface area contributed by atoms with Crippen molar-refractivity contribution in [1.82, 2.24) is 25.0 Å². The highest BCUT2D eigenvalue weighted by atomic mass is 32.2. The third-order valence-electron chi connectivity index (χ3n) is 11.4. The molecule has 68 heavy (non-hydrogen) atoms. The Morgan fingerprint density at radius 1 is 0.853 bits per heavy atom. The van der Waals surface area contributed by atoms with Gasteiger partial charge in [0.05, 0.1) is 36.8 Å². The van der Waals surface area contributed by atoms with Gasteiger partial charge >= 0.3 is 12.0 Å². The van der Waals surface area contributed by atoms with Gasteiger partial charge in [0.25, 0.3) is 5.91 Å². The molecule has 0 aliphatic carbocycles. The number of carbonyl (C=O) groups is 4. The van der Waals surface area contributed by atoms with Crippen molar-refractivity contribution >= 4 is 74.1 Å². The number of piperazine rings is 1. The maximum absolute atomic E-state index is 13.6. The first-order valence-electron chi connectivity index (χ1n) is 22.1. The molecular formula is C49H61N9O9S. The van der Waals surface area contributed by atoms with Crippen molar-refractivity contribution in [3.8, 4) is 23.0 Å². The van der Waals surface area contributed by atoms with Gasteiger partial charge in [0, 0.05) is 86.7 Å². The summed E-state index contributed by atoms with van der Waals surface area (Å²) in [6.07, 6.45) is 3.57. The third kappa shape index (κ3) is 13.1. The maximum Gasteiger partial charge on any atom is 0.323 e. The van der Waals surface area contributed by atoms with E-state index in [0.29, 0.717) is 96.4 Å². The number of carboxylic acids is 1. The zero-order valence-electron chi connectivity index (χ0n) is 39.7. The van der Waals surface area contributed by atoms with Crippen LogP contribution in [0.2, 0.25) is 0 Å². The zero-order chi connectivity index (χ0) is 49.1. The van der Waals surface area contributed by atoms with Gasteiger partial charge in [-0.25, -0.2) is 14.0 Å². The first kappa shape index (κ1) is 50.5. The predicted octanol–water partition coefficient (Wildman–Crippen LogP) is 7.10. The molecule has 0 saturated carbocycles. The van der Waals surface area contributed by atoms with Gasteiger partial charge in [0.2, 0.25) is 5.91 Å². The molecule has 0 bridgehead atoms. The van der Waals surface area contributed by atoms with E-state index in [9.17, 15) is 28.5 Å². The summed E-state index contributed by atoms with van der Waals surface area (Å²) < 4.78 is 32.7. The monoisotopic (exact) mass is 951 g/mol. The van der Waals surface area contributed by atoms with E-state index in [0.717, 1.165) is 16.3 Å². The number of urea groups is 1. The van der Waals surface area contributed by atoms with Crippen LogP contribution >= 0.6 is 0 Å². The number of rotatable bonds is 19. The minimum Gasteiger partial charge on any atom is -0.496 e. The molecular weight excluding hydrogens is 891 g/mol. The van der Waals surface area contributed by atoms with Crippen molar-refractivity contribution < 1.29 is 42.7 Å². The standard InChI is InChI=1S/C49H61N9O9S/c1-49(2,3)31-27-38(45(66-7)39(28-31)55-68(8)64)54-48(63)53-37-15-17-41(35-12-10-9-11-34(35)37)67-33-19-20-50-43(30-33)52-32-13-14-36(42(29-32)65-6)46(60)51-21-22-57-23-25-58(26-24-57)44(59)18-16-40(47(61)62)56(4)5/h9-15,17,19-20,27-30,40,55H,16,18,21-26H2,1-8H3,(H,50,52)(H,51,60)(H,61,62)(H2,53,54,63)/t40-,68?/m0/s1. The van der Waals surface area contributed by atoms with Crippen molar-refractivity contribution in [1.29, 1.82) is 0 Å². The lowest BCUT2D eigenvalue weighted by Crippen LogP contribution is -2.50. The lowest BCUT2D eigenvalue weighted by atomic mass is 9.86. The molecule has 18 nitrogen and oxygen atoms in total. The lowest BCUT2D eigenvalue weighted by molar-refractivity contribution is -0.143. The normalized spacial score (nSPS) is 13.9. The van der Waals surface area contributed by atoms with Crippen LogP contribution in [0.3, 0.4) is 0 Å². The highest BCUT2D eigenvalue weighted by Crippen LogP contribution is 2.40. The van der Waals surface area contributed by atoms with Gasteiger partial charge in [-0.1, -0.05) is 45.0 Å². The van der Waals surface area contributed by atoms with E-state index < -0.39 is 29.0 Å². The number of anilines is 5. The van der Waals surface area contributed by atoms with Crippen LogP contribution in [0.25, 0.3) is 10.8 Å². The smallest absolute Gasteiger partial charge is 0.323 e. The Morgan fingerprint density at radius 2 is 1.56 bits per heavy atom. The number of nitrogens with zero attached hydrogens (tertiary/aromatic N) is 4. The molecule has 1 saturated heterocycles. The molecule has 19 heteroatoms. The van der Waals surface area contributed by atoms with E-state index in [1.807, 2.05) is 57.2 Å². The third-order valence-corrected chi connectivity index (χ3v) is 12.0. The Morgan fingerprint density at radius 3 is 2.22 bits per heavy atom. The van der Waals surface area contributed by atoms with Gasteiger partial charge in [0.15, 0.2) is 5.75 Å². The molecule has 1 aliphatic rings. The quantitative estimate of drug-likeness (QED) is 0.0488. The molecule has 2 heterocycles. The van der Waals surface area contributed by atoms with Gasteiger partial charge in [-0.3, -0.25) is 24.2 Å². The minimum absolute atomic E-state index is 0.0502. The van der Waals surface area contributed by atoms with Crippen LogP contribution in [0, 0.1) is 0 Å². The SMILES string of the molecule is COc1cc(Nc2cc(Oc3ccc(NC(=O)Nc4cc(C(C)(C)C)cc(NS(C)=O)c4OC)c4ccccc34)ccn2)ccc1C(=O)NCCN1CCN(C(=O)CC[C@@H](C(=O)O)N(C)C)CC1. The van der Waals surface area contributed by atoms with Crippen LogP contribution in [-0.4, -0.2) is 133 Å². The highest BCUT2D eigenvalue weighted by Gasteiger charge is 2.26. The Balaban J connectivity index is 1.05. The largest absolute Gasteiger partial charge is 0.496 e. The summed E-state index contributed by atoms with van der Waals surface area (Å²) in [6, 6.07) is 22.2. The highest BCUT2D eigenvalue weighted by molar-refractivity contribution is 7.85. The molecule has 5 aromatic rings. The fourth-order valence-corrected chi connectivity index (χ4v) is 8.25. The number of pyridine rings is 1. The van der Waals surface area contributed by atoms with Crippen LogP contribution in [0.1, 0.15) is 49.5 Å². The number of benzene rings is 4. The molecule has 1 fully saturated rings. The number of fused-ring (bicyclic) bond motifs is 1. The number of amides is 4. The van der Waals surface area contributed by atoms with E-state index in [2.05, 4.69) is 35.9 Å². The van der Waals surface area contributed by atoms with Crippen LogP contribution in [-0.2, 0) is 26.0 Å². The van der Waals surface area contributed by atoms with Gasteiger partial charge in [0.1, 0.15) is 40.1 Å². The fourth-order valence-electron chi connectivity index (χ4n) is 7.79. The molecule has 0 spiro atoms. The lowest BCUT2D eigenvalue weighted by Gasteiger charge is -2.35. The summed E-state index contributed by atoms with van der Waals surface area (Å²) >= 11 is 0. The number of likely N-dealkylation sites (N-methyl/N-ethyl adjacent to an activating group) is 1. The molecule has 4 aromatic carbocycles. The number of nitrogens with one attached hydrogen (secondary N) is 5. The Bertz CT molecular complexity index is 2650. The van der Waals surface area contributed by atoms with Gasteiger partial charge in [-0.05, 0) is 74.0 Å². The Kier molecular flexibility index (Phi) is 16.8. The summed E-state index contributed by atoms with van der Waals surface area (Å²) in [6.45, 7) is 9.52. The van der Waals surface area contributed by atoms with Crippen LogP contribution < -0.4 is 40.2 Å². The number of hydrogen-bond donors (Lipinski definition) is 6. The molecule has 2 atom stereocenters. The first-order valence-corrected chi connectivity index (χ1v) is 23.7. The molecule has 6 rings (SSSR count). The fraction of sp³-hybridized carbons (Fsp3) is 0.367. The topological polar surface area (TPSA) is 216 Å². The van der Waals surface area contributed by atoms with Crippen molar-refractivity contribution in [3.63, 3.8) is 0 Å². The molecule has 1 aliphatic heterocycles. The molecule has 1 aromatic heterocycles. The van der Waals surface area contributed by atoms with E-state index >= 15 is 0 Å². The van der Waals surface area contributed by atoms with Crippen LogP contribution in [0.15, 0.2) is 85.1 Å². The summed E-state index contributed by atoms with van der Waals surface area (Å²) in [5.41, 5.74) is 3.08. The maximum atomic E-state index is 13.6. The van der Waals surface area contributed by atoms with Gasteiger partial charge in [-0.2, -0.15) is 0 Å². The predicted molar refractivity (Wildman–Crippen MR) is 266 cm³/mol. The van der Waals surface area contributed by atoms with E-state index in [-0.39, 0.29) is 30.1 Å². The number of aromatic nitrogens is 1. The number of carboxylic acid groups (broad SMARTS) is 1. The van der Waals surface area contributed by atoms with E-state index in [4.69, 9.17) is 14.2 Å². The summed E-state index contributed by atoms with van der Waals surface area (Å²) in [7, 11) is 4.99. The number of ether oxygens (including phenoxy) is 3. The Hall–Kier alpha value is -6.96. The minimum atomic E-state index is -1.38. The van der Waals surface area contributed by atoms with Crippen molar-refractivity contribution in [2.24, 2.45) is 0 Å². The average molecular weight is 952 g/mol. The number of hydrogen-bond acceptors (Lipinski definition) is 12. The van der Waals surface area contributed by atoms with Gasteiger partial charge < -0.3 is 50.2 Å². The van der Waals surface area contributed by atoms with Gasteiger partial charge in [-0.15, -0.1) is 0 Å². The average Bonchev–Trinajstić information content (AvgIpc) is 3.29. The summed E-state index contributed by atoms with van der Waals surface area (Å²) in [5.74, 6) is 0.966. The van der Waals surface area contributed by atoms with E-state index in [1.165, 1.54) is 20.5 Å². The summed E-state index contributed by atoms with van der Waals surface area (Å²) in [4.78, 5) is 61.1. The molecule has 0 radical (unpaired) electrons. The molecule has 362 valence electrons. The second kappa shape index (κ2) is 22.7.